The van der Waals surface area contributed by atoms with Gasteiger partial charge in [0.15, 0.2) is 0 Å². The van der Waals surface area contributed by atoms with E-state index in [1.165, 1.54) is 0 Å². The topological polar surface area (TPSA) is 72.9 Å². The maximum absolute atomic E-state index is 13.2. The summed E-state index contributed by atoms with van der Waals surface area (Å²) in [6, 6.07) is 30.2. The highest BCUT2D eigenvalue weighted by atomic mass is 16.2. The normalized spacial score (nSPS) is 11.0. The second-order valence-corrected chi connectivity index (χ2v) is 8.50. The van der Waals surface area contributed by atoms with Gasteiger partial charge in [-0.25, -0.2) is 4.68 Å². The average Bonchev–Trinajstić information content (AvgIpc) is 3.25. The van der Waals surface area contributed by atoms with Crippen LogP contribution in [-0.4, -0.2) is 15.7 Å². The molecular weight excluding hydrogens is 420 g/mol. The lowest BCUT2D eigenvalue weighted by atomic mass is 10.0. The molecule has 0 fully saturated rings. The van der Waals surface area contributed by atoms with Crippen molar-refractivity contribution in [3.8, 4) is 16.8 Å². The minimum atomic E-state index is -0.203. The molecule has 0 atom stereocenters. The minimum absolute atomic E-state index is 0.203. The molecule has 5 nitrogen and oxygen atoms in total. The quantitative estimate of drug-likeness (QED) is 0.347. The molecule has 0 radical (unpaired) electrons. The number of rotatable bonds is 5. The van der Waals surface area contributed by atoms with Crippen molar-refractivity contribution in [1.29, 1.82) is 0 Å². The Morgan fingerprint density at radius 3 is 2.32 bits per heavy atom. The highest BCUT2D eigenvalue weighted by molar-refractivity contribution is 6.03. The van der Waals surface area contributed by atoms with Crippen molar-refractivity contribution in [1.82, 2.24) is 9.78 Å². The van der Waals surface area contributed by atoms with E-state index in [0.717, 1.165) is 50.1 Å². The summed E-state index contributed by atoms with van der Waals surface area (Å²) >= 11 is 0. The van der Waals surface area contributed by atoms with Gasteiger partial charge in [-0.05, 0) is 83.3 Å². The maximum Gasteiger partial charge on any atom is 0.274 e. The number of carbonyl (C=O) groups excluding carboxylic acids is 1. The van der Waals surface area contributed by atoms with Crippen LogP contribution in [-0.2, 0) is 6.54 Å². The first-order chi connectivity index (χ1) is 16.5. The zero-order valence-electron chi connectivity index (χ0n) is 19.2. The first kappa shape index (κ1) is 21.6. The molecule has 0 aliphatic heterocycles. The zero-order valence-corrected chi connectivity index (χ0v) is 19.2. The van der Waals surface area contributed by atoms with E-state index in [9.17, 15) is 4.79 Å². The first-order valence-electron chi connectivity index (χ1n) is 11.3. The number of nitrogens with one attached hydrogen (secondary N) is 1. The van der Waals surface area contributed by atoms with Crippen molar-refractivity contribution in [3.05, 3.63) is 114 Å². The van der Waals surface area contributed by atoms with Gasteiger partial charge in [-0.1, -0.05) is 54.6 Å². The fraction of sp³-hybridized carbons (Fsp3) is 0.103. The van der Waals surface area contributed by atoms with E-state index in [1.54, 1.807) is 4.68 Å². The van der Waals surface area contributed by atoms with Crippen molar-refractivity contribution < 1.29 is 4.79 Å². The Morgan fingerprint density at radius 2 is 1.59 bits per heavy atom. The molecule has 1 aromatic heterocycles. The van der Waals surface area contributed by atoms with Gasteiger partial charge in [0.2, 0.25) is 0 Å². The number of anilines is 1. The fourth-order valence-corrected chi connectivity index (χ4v) is 4.23. The Hall–Kier alpha value is -4.22. The van der Waals surface area contributed by atoms with Gasteiger partial charge >= 0.3 is 0 Å². The molecule has 5 heteroatoms. The van der Waals surface area contributed by atoms with Crippen LogP contribution < -0.4 is 11.1 Å². The Kier molecular flexibility index (Phi) is 5.70. The monoisotopic (exact) mass is 446 g/mol. The SMILES string of the molecule is Cc1cc(C(=O)Nc2ccc(-c3cccc(CN)c3)cc2)n(-c2cc3ccccc3cc2C)n1. The Morgan fingerprint density at radius 1 is 0.853 bits per heavy atom. The molecule has 0 saturated carbocycles. The van der Waals surface area contributed by atoms with Crippen molar-refractivity contribution in [3.63, 3.8) is 0 Å². The summed E-state index contributed by atoms with van der Waals surface area (Å²) in [7, 11) is 0. The number of fused-ring (bicyclic) bond motifs is 1. The molecular formula is C29H26N4O. The largest absolute Gasteiger partial charge is 0.326 e. The van der Waals surface area contributed by atoms with Gasteiger partial charge in [-0.15, -0.1) is 0 Å². The van der Waals surface area contributed by atoms with Gasteiger partial charge in [0.1, 0.15) is 5.69 Å². The number of hydrogen-bond donors (Lipinski definition) is 2. The summed E-state index contributed by atoms with van der Waals surface area (Å²) in [4.78, 5) is 13.2. The van der Waals surface area contributed by atoms with Crippen LogP contribution in [0.4, 0.5) is 5.69 Å². The van der Waals surface area contributed by atoms with Gasteiger partial charge in [0.25, 0.3) is 5.91 Å². The predicted octanol–water partition coefficient (Wildman–Crippen LogP) is 6.02. The van der Waals surface area contributed by atoms with Crippen LogP contribution >= 0.6 is 0 Å². The molecule has 1 heterocycles. The van der Waals surface area contributed by atoms with Crippen molar-refractivity contribution in [2.75, 3.05) is 5.32 Å². The number of hydrogen-bond acceptors (Lipinski definition) is 3. The lowest BCUT2D eigenvalue weighted by molar-refractivity contribution is 0.101. The van der Waals surface area contributed by atoms with Gasteiger partial charge in [0, 0.05) is 12.2 Å². The third-order valence-corrected chi connectivity index (χ3v) is 6.00. The van der Waals surface area contributed by atoms with Crippen LogP contribution in [0, 0.1) is 13.8 Å². The smallest absolute Gasteiger partial charge is 0.274 e. The lowest BCUT2D eigenvalue weighted by Gasteiger charge is -2.12. The van der Waals surface area contributed by atoms with E-state index >= 15 is 0 Å². The third kappa shape index (κ3) is 4.21. The summed E-state index contributed by atoms with van der Waals surface area (Å²) in [5, 5.41) is 9.92. The molecule has 0 unspecified atom stereocenters. The van der Waals surface area contributed by atoms with E-state index < -0.39 is 0 Å². The number of benzene rings is 4. The van der Waals surface area contributed by atoms with E-state index in [2.05, 4.69) is 46.8 Å². The first-order valence-corrected chi connectivity index (χ1v) is 11.3. The minimum Gasteiger partial charge on any atom is -0.326 e. The van der Waals surface area contributed by atoms with Crippen LogP contribution in [0.15, 0.2) is 91.0 Å². The van der Waals surface area contributed by atoms with Gasteiger partial charge < -0.3 is 11.1 Å². The van der Waals surface area contributed by atoms with Crippen LogP contribution in [0.25, 0.3) is 27.6 Å². The molecule has 34 heavy (non-hydrogen) atoms. The third-order valence-electron chi connectivity index (χ3n) is 6.00. The Bertz CT molecular complexity index is 1500. The van der Waals surface area contributed by atoms with Crippen molar-refractivity contribution >= 4 is 22.4 Å². The summed E-state index contributed by atoms with van der Waals surface area (Å²) in [5.74, 6) is -0.203. The molecule has 5 rings (SSSR count). The van der Waals surface area contributed by atoms with Crippen LogP contribution in [0.1, 0.15) is 27.3 Å². The average molecular weight is 447 g/mol. The number of nitrogens with zero attached hydrogens (tertiary/aromatic N) is 2. The number of amides is 1. The van der Waals surface area contributed by atoms with Gasteiger partial charge in [-0.2, -0.15) is 5.10 Å². The maximum atomic E-state index is 13.2. The summed E-state index contributed by atoms with van der Waals surface area (Å²) in [6.45, 7) is 4.44. The number of aromatic nitrogens is 2. The molecule has 0 saturated heterocycles. The second kappa shape index (κ2) is 8.96. The second-order valence-electron chi connectivity index (χ2n) is 8.50. The predicted molar refractivity (Wildman–Crippen MR) is 138 cm³/mol. The van der Waals surface area contributed by atoms with E-state index in [-0.39, 0.29) is 5.91 Å². The lowest BCUT2D eigenvalue weighted by Crippen LogP contribution is -2.17. The molecule has 3 N–H and O–H groups in total. The molecule has 168 valence electrons. The van der Waals surface area contributed by atoms with E-state index in [1.807, 2.05) is 68.4 Å². The molecule has 0 aliphatic rings. The van der Waals surface area contributed by atoms with Gasteiger partial charge in [0.05, 0.1) is 11.4 Å². The summed E-state index contributed by atoms with van der Waals surface area (Å²) < 4.78 is 1.74. The Labute approximate surface area is 198 Å². The molecule has 4 aromatic carbocycles. The standard InChI is InChI=1S/C29H26N4O/c1-19-14-23-7-3-4-8-25(23)17-27(19)33-28(15-20(2)32-33)29(34)31-26-12-10-22(11-13-26)24-9-5-6-21(16-24)18-30/h3-17H,18,30H2,1-2H3,(H,31,34). The van der Waals surface area contributed by atoms with Crippen LogP contribution in [0.3, 0.4) is 0 Å². The zero-order chi connectivity index (χ0) is 23.7. The van der Waals surface area contributed by atoms with Crippen molar-refractivity contribution in [2.24, 2.45) is 5.73 Å². The molecule has 1 amide bonds. The highest BCUT2D eigenvalue weighted by Gasteiger charge is 2.17. The van der Waals surface area contributed by atoms with Crippen LogP contribution in [0.2, 0.25) is 0 Å². The molecule has 0 spiro atoms. The molecule has 5 aromatic rings. The number of carbonyl (C=O) groups is 1. The fourth-order valence-electron chi connectivity index (χ4n) is 4.23. The summed E-state index contributed by atoms with van der Waals surface area (Å²) in [5.41, 5.74) is 13.0. The van der Waals surface area contributed by atoms with Gasteiger partial charge in [-0.3, -0.25) is 4.79 Å². The summed E-state index contributed by atoms with van der Waals surface area (Å²) in [6.07, 6.45) is 0. The number of aryl methyl sites for hydroxylation is 2. The molecule has 0 bridgehead atoms. The van der Waals surface area contributed by atoms with Crippen molar-refractivity contribution in [2.45, 2.75) is 20.4 Å². The highest BCUT2D eigenvalue weighted by Crippen LogP contribution is 2.25. The molecule has 0 aliphatic carbocycles. The van der Waals surface area contributed by atoms with E-state index in [4.69, 9.17) is 5.73 Å². The van der Waals surface area contributed by atoms with Crippen LogP contribution in [0.5, 0.6) is 0 Å². The Balaban J connectivity index is 1.43. The van der Waals surface area contributed by atoms with E-state index in [0.29, 0.717) is 12.2 Å². The number of nitrogens with two attached hydrogens (primary N) is 1.